The number of aryl methyl sites for hydroxylation is 2. The Labute approximate surface area is 102 Å². The first kappa shape index (κ1) is 11.6. The fourth-order valence-corrected chi connectivity index (χ4v) is 1.76. The average Bonchev–Trinajstić information content (AvgIpc) is 2.69. The van der Waals surface area contributed by atoms with Gasteiger partial charge in [0, 0.05) is 13.0 Å². The molecule has 1 aromatic heterocycles. The van der Waals surface area contributed by atoms with Gasteiger partial charge in [0.25, 0.3) is 0 Å². The van der Waals surface area contributed by atoms with Gasteiger partial charge in [-0.3, -0.25) is 0 Å². The molecule has 0 bridgehead atoms. The Morgan fingerprint density at radius 1 is 1.18 bits per heavy atom. The molecule has 1 heterocycles. The van der Waals surface area contributed by atoms with Gasteiger partial charge in [0.1, 0.15) is 11.5 Å². The van der Waals surface area contributed by atoms with Crippen molar-refractivity contribution >= 4 is 11.4 Å². The van der Waals surface area contributed by atoms with Gasteiger partial charge in [-0.25, -0.2) is 0 Å². The molecule has 0 radical (unpaired) electrons. The predicted octanol–water partition coefficient (Wildman–Crippen LogP) is 3.13. The standard InChI is InChI=1S/C14H18N2O/c1-10-3-6-13(15)14(9-10)16-8-7-12-5-4-11(2)17-12/h3-6,9,16H,7-8,15H2,1-2H3. The highest BCUT2D eigenvalue weighted by molar-refractivity contribution is 5.66. The molecule has 3 heteroatoms. The molecule has 0 amide bonds. The minimum Gasteiger partial charge on any atom is -0.466 e. The first-order chi connectivity index (χ1) is 8.15. The van der Waals surface area contributed by atoms with Crippen molar-refractivity contribution in [1.29, 1.82) is 0 Å². The van der Waals surface area contributed by atoms with Crippen molar-refractivity contribution in [2.45, 2.75) is 20.3 Å². The molecule has 0 aliphatic carbocycles. The number of hydrogen-bond donors (Lipinski definition) is 2. The number of furan rings is 1. The van der Waals surface area contributed by atoms with Crippen molar-refractivity contribution in [3.63, 3.8) is 0 Å². The third-order valence-electron chi connectivity index (χ3n) is 2.69. The first-order valence-corrected chi connectivity index (χ1v) is 5.80. The second-order valence-corrected chi connectivity index (χ2v) is 4.28. The molecule has 2 aromatic rings. The quantitative estimate of drug-likeness (QED) is 0.793. The van der Waals surface area contributed by atoms with Crippen LogP contribution in [-0.4, -0.2) is 6.54 Å². The summed E-state index contributed by atoms with van der Waals surface area (Å²) in [4.78, 5) is 0. The van der Waals surface area contributed by atoms with Crippen LogP contribution in [0.1, 0.15) is 17.1 Å². The van der Waals surface area contributed by atoms with E-state index in [1.54, 1.807) is 0 Å². The molecule has 0 saturated heterocycles. The van der Waals surface area contributed by atoms with Crippen LogP contribution in [0.15, 0.2) is 34.7 Å². The Morgan fingerprint density at radius 2 is 2.00 bits per heavy atom. The van der Waals surface area contributed by atoms with Crippen molar-refractivity contribution in [3.05, 3.63) is 47.4 Å². The van der Waals surface area contributed by atoms with Crippen LogP contribution in [0.3, 0.4) is 0 Å². The maximum absolute atomic E-state index is 5.89. The Balaban J connectivity index is 1.91. The van der Waals surface area contributed by atoms with E-state index < -0.39 is 0 Å². The van der Waals surface area contributed by atoms with Crippen molar-refractivity contribution in [1.82, 2.24) is 0 Å². The number of anilines is 2. The zero-order valence-corrected chi connectivity index (χ0v) is 10.3. The van der Waals surface area contributed by atoms with E-state index in [0.29, 0.717) is 0 Å². The van der Waals surface area contributed by atoms with Crippen LogP contribution in [-0.2, 0) is 6.42 Å². The van der Waals surface area contributed by atoms with E-state index >= 15 is 0 Å². The van der Waals surface area contributed by atoms with Crippen molar-refractivity contribution in [2.24, 2.45) is 0 Å². The fraction of sp³-hybridized carbons (Fsp3) is 0.286. The van der Waals surface area contributed by atoms with E-state index in [4.69, 9.17) is 10.2 Å². The van der Waals surface area contributed by atoms with E-state index in [9.17, 15) is 0 Å². The zero-order valence-electron chi connectivity index (χ0n) is 10.3. The van der Waals surface area contributed by atoms with E-state index in [1.165, 1.54) is 5.56 Å². The molecule has 0 aliphatic heterocycles. The van der Waals surface area contributed by atoms with Crippen LogP contribution >= 0.6 is 0 Å². The molecule has 0 saturated carbocycles. The molecule has 17 heavy (non-hydrogen) atoms. The Hall–Kier alpha value is -1.90. The van der Waals surface area contributed by atoms with Gasteiger partial charge >= 0.3 is 0 Å². The van der Waals surface area contributed by atoms with E-state index in [0.717, 1.165) is 35.9 Å². The van der Waals surface area contributed by atoms with Crippen LogP contribution in [0.4, 0.5) is 11.4 Å². The van der Waals surface area contributed by atoms with Gasteiger partial charge in [-0.2, -0.15) is 0 Å². The fourth-order valence-electron chi connectivity index (χ4n) is 1.76. The predicted molar refractivity (Wildman–Crippen MR) is 71.2 cm³/mol. The number of nitrogen functional groups attached to an aromatic ring is 1. The van der Waals surface area contributed by atoms with Crippen LogP contribution < -0.4 is 11.1 Å². The molecule has 0 unspecified atom stereocenters. The van der Waals surface area contributed by atoms with Crippen molar-refractivity contribution in [2.75, 3.05) is 17.6 Å². The van der Waals surface area contributed by atoms with Gasteiger partial charge in [-0.1, -0.05) is 6.07 Å². The van der Waals surface area contributed by atoms with E-state index in [-0.39, 0.29) is 0 Å². The van der Waals surface area contributed by atoms with Gasteiger partial charge in [-0.05, 0) is 43.7 Å². The summed E-state index contributed by atoms with van der Waals surface area (Å²) < 4.78 is 5.50. The third kappa shape index (κ3) is 3.03. The first-order valence-electron chi connectivity index (χ1n) is 5.80. The Bertz CT molecular complexity index is 503. The summed E-state index contributed by atoms with van der Waals surface area (Å²) in [5.41, 5.74) is 8.87. The second kappa shape index (κ2) is 4.95. The molecule has 0 atom stereocenters. The van der Waals surface area contributed by atoms with Gasteiger partial charge in [0.05, 0.1) is 11.4 Å². The number of nitrogens with one attached hydrogen (secondary N) is 1. The molecule has 2 rings (SSSR count). The van der Waals surface area contributed by atoms with Crippen LogP contribution in [0.5, 0.6) is 0 Å². The minimum atomic E-state index is 0.784. The van der Waals surface area contributed by atoms with Crippen LogP contribution in [0.2, 0.25) is 0 Å². The van der Waals surface area contributed by atoms with Gasteiger partial charge < -0.3 is 15.5 Å². The smallest absolute Gasteiger partial charge is 0.105 e. The van der Waals surface area contributed by atoms with E-state index in [2.05, 4.69) is 18.3 Å². The Kier molecular flexibility index (Phi) is 3.38. The van der Waals surface area contributed by atoms with Crippen molar-refractivity contribution in [3.8, 4) is 0 Å². The summed E-state index contributed by atoms with van der Waals surface area (Å²) in [6.07, 6.45) is 0.862. The lowest BCUT2D eigenvalue weighted by Crippen LogP contribution is -2.06. The lowest BCUT2D eigenvalue weighted by Gasteiger charge is -2.09. The van der Waals surface area contributed by atoms with E-state index in [1.807, 2.05) is 31.2 Å². The molecular weight excluding hydrogens is 212 g/mol. The molecule has 0 spiro atoms. The van der Waals surface area contributed by atoms with Gasteiger partial charge in [0.2, 0.25) is 0 Å². The maximum Gasteiger partial charge on any atom is 0.105 e. The molecule has 0 aliphatic rings. The highest BCUT2D eigenvalue weighted by Crippen LogP contribution is 2.19. The second-order valence-electron chi connectivity index (χ2n) is 4.28. The third-order valence-corrected chi connectivity index (χ3v) is 2.69. The van der Waals surface area contributed by atoms with Gasteiger partial charge in [0.15, 0.2) is 0 Å². The molecule has 0 fully saturated rings. The van der Waals surface area contributed by atoms with Crippen LogP contribution in [0, 0.1) is 13.8 Å². The number of rotatable bonds is 4. The zero-order chi connectivity index (χ0) is 12.3. The molecule has 3 nitrogen and oxygen atoms in total. The van der Waals surface area contributed by atoms with Gasteiger partial charge in [-0.15, -0.1) is 0 Å². The molecule has 3 N–H and O–H groups in total. The number of hydrogen-bond acceptors (Lipinski definition) is 3. The highest BCUT2D eigenvalue weighted by Gasteiger charge is 2.01. The largest absolute Gasteiger partial charge is 0.466 e. The summed E-state index contributed by atoms with van der Waals surface area (Å²) >= 11 is 0. The van der Waals surface area contributed by atoms with Crippen molar-refractivity contribution < 1.29 is 4.42 Å². The number of benzene rings is 1. The molecular formula is C14H18N2O. The lowest BCUT2D eigenvalue weighted by molar-refractivity contribution is 0.486. The monoisotopic (exact) mass is 230 g/mol. The molecule has 1 aromatic carbocycles. The van der Waals surface area contributed by atoms with Crippen LogP contribution in [0.25, 0.3) is 0 Å². The average molecular weight is 230 g/mol. The summed E-state index contributed by atoms with van der Waals surface area (Å²) in [5, 5.41) is 3.33. The summed E-state index contributed by atoms with van der Waals surface area (Å²) in [6, 6.07) is 9.99. The summed E-state index contributed by atoms with van der Waals surface area (Å²) in [5.74, 6) is 1.95. The lowest BCUT2D eigenvalue weighted by atomic mass is 10.2. The SMILES string of the molecule is Cc1ccc(N)c(NCCc2ccc(C)o2)c1. The minimum absolute atomic E-state index is 0.784. The Morgan fingerprint density at radius 3 is 2.71 bits per heavy atom. The maximum atomic E-state index is 5.89. The normalized spacial score (nSPS) is 10.5. The number of nitrogens with two attached hydrogens (primary N) is 1. The molecule has 90 valence electrons. The topological polar surface area (TPSA) is 51.2 Å². The summed E-state index contributed by atoms with van der Waals surface area (Å²) in [6.45, 7) is 4.83. The highest BCUT2D eigenvalue weighted by atomic mass is 16.3. The summed E-state index contributed by atoms with van der Waals surface area (Å²) in [7, 11) is 0.